The second kappa shape index (κ2) is 6.30. The van der Waals surface area contributed by atoms with Gasteiger partial charge in [-0.1, -0.05) is 20.8 Å². The molecule has 2 N–H and O–H groups in total. The van der Waals surface area contributed by atoms with E-state index in [9.17, 15) is 0 Å². The van der Waals surface area contributed by atoms with Crippen molar-refractivity contribution in [3.8, 4) is 0 Å². The summed E-state index contributed by atoms with van der Waals surface area (Å²) in [6, 6.07) is 2.36. The van der Waals surface area contributed by atoms with Crippen LogP contribution in [0.1, 0.15) is 34.1 Å². The van der Waals surface area contributed by atoms with Gasteiger partial charge >= 0.3 is 0 Å². The fourth-order valence-corrected chi connectivity index (χ4v) is 1.19. The van der Waals surface area contributed by atoms with E-state index in [0.717, 1.165) is 24.6 Å². The lowest BCUT2D eigenvalue weighted by Crippen LogP contribution is -2.22. The zero-order valence-electron chi connectivity index (χ0n) is 10.6. The predicted molar refractivity (Wildman–Crippen MR) is 68.7 cm³/mol. The minimum absolute atomic E-state index is 0.411. The van der Waals surface area contributed by atoms with E-state index in [1.54, 1.807) is 6.33 Å². The normalized spacial score (nSPS) is 12.6. The third kappa shape index (κ3) is 4.04. The number of anilines is 2. The van der Waals surface area contributed by atoms with Crippen LogP contribution >= 0.6 is 0 Å². The number of rotatable bonds is 6. The molecule has 0 fully saturated rings. The molecule has 0 spiro atoms. The second-order valence-corrected chi connectivity index (χ2v) is 4.39. The van der Waals surface area contributed by atoms with E-state index in [-0.39, 0.29) is 0 Å². The van der Waals surface area contributed by atoms with Crippen LogP contribution in [0.4, 0.5) is 11.6 Å². The van der Waals surface area contributed by atoms with Crippen LogP contribution in [0.2, 0.25) is 0 Å². The SMILES string of the molecule is CCCNc1cc(NC(C)C(C)C)ncn1. The van der Waals surface area contributed by atoms with E-state index in [1.807, 2.05) is 6.07 Å². The van der Waals surface area contributed by atoms with Crippen molar-refractivity contribution in [1.29, 1.82) is 0 Å². The molecule has 0 saturated heterocycles. The number of hydrogen-bond acceptors (Lipinski definition) is 4. The molecular weight excluding hydrogens is 200 g/mol. The van der Waals surface area contributed by atoms with E-state index >= 15 is 0 Å². The fourth-order valence-electron chi connectivity index (χ4n) is 1.19. The first-order valence-electron chi connectivity index (χ1n) is 5.96. The van der Waals surface area contributed by atoms with Gasteiger partial charge in [0, 0.05) is 18.7 Å². The number of nitrogens with zero attached hydrogens (tertiary/aromatic N) is 2. The Morgan fingerprint density at radius 3 is 2.50 bits per heavy atom. The van der Waals surface area contributed by atoms with Crippen molar-refractivity contribution >= 4 is 11.6 Å². The standard InChI is InChI=1S/C12H22N4/c1-5-6-13-11-7-12(15-8-14-11)16-10(4)9(2)3/h7-10H,5-6H2,1-4H3,(H2,13,14,15,16). The summed E-state index contributed by atoms with van der Waals surface area (Å²) in [6.07, 6.45) is 2.68. The highest BCUT2D eigenvalue weighted by Crippen LogP contribution is 2.12. The van der Waals surface area contributed by atoms with Crippen molar-refractivity contribution in [2.24, 2.45) is 5.92 Å². The Morgan fingerprint density at radius 2 is 1.88 bits per heavy atom. The van der Waals surface area contributed by atoms with Crippen LogP contribution in [0.25, 0.3) is 0 Å². The molecule has 0 aliphatic heterocycles. The van der Waals surface area contributed by atoms with Crippen molar-refractivity contribution in [3.05, 3.63) is 12.4 Å². The predicted octanol–water partition coefficient (Wildman–Crippen LogP) is 2.75. The molecule has 1 rings (SSSR count). The highest BCUT2D eigenvalue weighted by molar-refractivity contribution is 5.46. The molecule has 1 aromatic rings. The molecule has 16 heavy (non-hydrogen) atoms. The second-order valence-electron chi connectivity index (χ2n) is 4.39. The zero-order chi connectivity index (χ0) is 12.0. The van der Waals surface area contributed by atoms with Gasteiger partial charge in [0.1, 0.15) is 18.0 Å². The number of aromatic nitrogens is 2. The molecule has 4 heteroatoms. The van der Waals surface area contributed by atoms with Crippen LogP contribution in [0.15, 0.2) is 12.4 Å². The highest BCUT2D eigenvalue weighted by Gasteiger charge is 2.07. The summed E-state index contributed by atoms with van der Waals surface area (Å²) in [5.41, 5.74) is 0. The highest BCUT2D eigenvalue weighted by atomic mass is 15.1. The number of hydrogen-bond donors (Lipinski definition) is 2. The van der Waals surface area contributed by atoms with Gasteiger partial charge in [0.2, 0.25) is 0 Å². The van der Waals surface area contributed by atoms with Crippen LogP contribution in [-0.2, 0) is 0 Å². The van der Waals surface area contributed by atoms with E-state index < -0.39 is 0 Å². The minimum Gasteiger partial charge on any atom is -0.370 e. The van der Waals surface area contributed by atoms with Crippen molar-refractivity contribution in [2.75, 3.05) is 17.2 Å². The Hall–Kier alpha value is -1.32. The third-order valence-corrected chi connectivity index (χ3v) is 2.60. The van der Waals surface area contributed by atoms with Crippen molar-refractivity contribution < 1.29 is 0 Å². The maximum Gasteiger partial charge on any atom is 0.131 e. The van der Waals surface area contributed by atoms with Gasteiger partial charge < -0.3 is 10.6 Å². The van der Waals surface area contributed by atoms with E-state index in [4.69, 9.17) is 0 Å². The van der Waals surface area contributed by atoms with Gasteiger partial charge in [-0.05, 0) is 19.3 Å². The maximum atomic E-state index is 4.21. The summed E-state index contributed by atoms with van der Waals surface area (Å²) in [6.45, 7) is 9.61. The lowest BCUT2D eigenvalue weighted by atomic mass is 10.1. The Kier molecular flexibility index (Phi) is 5.02. The molecule has 1 heterocycles. The Labute approximate surface area is 97.9 Å². The lowest BCUT2D eigenvalue weighted by molar-refractivity contribution is 0.558. The van der Waals surface area contributed by atoms with Gasteiger partial charge in [0.15, 0.2) is 0 Å². The molecule has 1 unspecified atom stereocenters. The van der Waals surface area contributed by atoms with Gasteiger partial charge in [-0.25, -0.2) is 9.97 Å². The van der Waals surface area contributed by atoms with Gasteiger partial charge in [0.05, 0.1) is 0 Å². The van der Waals surface area contributed by atoms with Gasteiger partial charge in [-0.15, -0.1) is 0 Å². The molecule has 0 radical (unpaired) electrons. The monoisotopic (exact) mass is 222 g/mol. The van der Waals surface area contributed by atoms with E-state index in [1.165, 1.54) is 0 Å². The molecule has 0 bridgehead atoms. The first kappa shape index (κ1) is 12.7. The molecule has 0 aliphatic rings. The maximum absolute atomic E-state index is 4.21. The molecule has 0 amide bonds. The molecular formula is C12H22N4. The van der Waals surface area contributed by atoms with Crippen LogP contribution in [0, 0.1) is 5.92 Å². The molecule has 4 nitrogen and oxygen atoms in total. The zero-order valence-corrected chi connectivity index (χ0v) is 10.6. The Bertz CT molecular complexity index is 312. The quantitative estimate of drug-likeness (QED) is 0.777. The van der Waals surface area contributed by atoms with E-state index in [2.05, 4.69) is 48.3 Å². The summed E-state index contributed by atoms with van der Waals surface area (Å²) in [7, 11) is 0. The summed E-state index contributed by atoms with van der Waals surface area (Å²) >= 11 is 0. The minimum atomic E-state index is 0.411. The van der Waals surface area contributed by atoms with Gasteiger partial charge in [-0.2, -0.15) is 0 Å². The average Bonchev–Trinajstić information content (AvgIpc) is 2.26. The molecule has 90 valence electrons. The Balaban J connectivity index is 2.59. The van der Waals surface area contributed by atoms with Crippen molar-refractivity contribution in [1.82, 2.24) is 9.97 Å². The van der Waals surface area contributed by atoms with Crippen molar-refractivity contribution in [2.45, 2.75) is 40.2 Å². The third-order valence-electron chi connectivity index (χ3n) is 2.60. The van der Waals surface area contributed by atoms with Gasteiger partial charge in [-0.3, -0.25) is 0 Å². The molecule has 0 aliphatic carbocycles. The summed E-state index contributed by atoms with van der Waals surface area (Å²) in [5.74, 6) is 2.35. The molecule has 0 aromatic carbocycles. The molecule has 0 saturated carbocycles. The van der Waals surface area contributed by atoms with Crippen LogP contribution < -0.4 is 10.6 Å². The largest absolute Gasteiger partial charge is 0.370 e. The lowest BCUT2D eigenvalue weighted by Gasteiger charge is -2.18. The first-order chi connectivity index (χ1) is 7.63. The summed E-state index contributed by atoms with van der Waals surface area (Å²) < 4.78 is 0. The van der Waals surface area contributed by atoms with Crippen LogP contribution in [0.5, 0.6) is 0 Å². The summed E-state index contributed by atoms with van der Waals surface area (Å²) in [4.78, 5) is 8.37. The topological polar surface area (TPSA) is 49.8 Å². The molecule has 1 atom stereocenters. The first-order valence-corrected chi connectivity index (χ1v) is 5.96. The van der Waals surface area contributed by atoms with Crippen LogP contribution in [0.3, 0.4) is 0 Å². The number of nitrogens with one attached hydrogen (secondary N) is 2. The average molecular weight is 222 g/mol. The van der Waals surface area contributed by atoms with E-state index in [0.29, 0.717) is 12.0 Å². The smallest absolute Gasteiger partial charge is 0.131 e. The fraction of sp³-hybridized carbons (Fsp3) is 0.667. The van der Waals surface area contributed by atoms with Crippen LogP contribution in [-0.4, -0.2) is 22.6 Å². The van der Waals surface area contributed by atoms with Crippen molar-refractivity contribution in [3.63, 3.8) is 0 Å². The van der Waals surface area contributed by atoms with Gasteiger partial charge in [0.25, 0.3) is 0 Å². The Morgan fingerprint density at radius 1 is 1.19 bits per heavy atom. The molecule has 1 aromatic heterocycles. The summed E-state index contributed by atoms with van der Waals surface area (Å²) in [5, 5.41) is 6.61.